The summed E-state index contributed by atoms with van der Waals surface area (Å²) in [6, 6.07) is 19.9. The zero-order chi connectivity index (χ0) is 17.3. The molecule has 0 bridgehead atoms. The van der Waals surface area contributed by atoms with E-state index in [1.165, 1.54) is 5.56 Å². The molecule has 0 saturated carbocycles. The summed E-state index contributed by atoms with van der Waals surface area (Å²) in [5, 5.41) is 0. The largest absolute Gasteiger partial charge is 0.387 e. The second-order valence-electron chi connectivity index (χ2n) is 4.24. The minimum Gasteiger partial charge on any atom is -0.387 e. The predicted octanol–water partition coefficient (Wildman–Crippen LogP) is 3.88. The van der Waals surface area contributed by atoms with E-state index in [0.717, 1.165) is 5.69 Å². The van der Waals surface area contributed by atoms with Gasteiger partial charge in [0.2, 0.25) is 0 Å². The molecule has 4 heteroatoms. The van der Waals surface area contributed by atoms with Gasteiger partial charge in [0.05, 0.1) is 5.69 Å². The van der Waals surface area contributed by atoms with Crippen LogP contribution in [-0.2, 0) is 0 Å². The Morgan fingerprint density at radius 1 is 1.00 bits per heavy atom. The Balaban J connectivity index is 0.000000868. The second kappa shape index (κ2) is 14.5. The van der Waals surface area contributed by atoms with E-state index in [1.54, 1.807) is 7.05 Å². The minimum atomic E-state index is 0.619. The van der Waals surface area contributed by atoms with E-state index < -0.39 is 0 Å². The maximum atomic E-state index is 5.87. The molecule has 0 aromatic heterocycles. The number of aliphatic imine (C=N–C) groups is 1. The Kier molecular flexibility index (Phi) is 13.0. The summed E-state index contributed by atoms with van der Waals surface area (Å²) < 4.78 is 0. The highest BCUT2D eigenvalue weighted by atomic mass is 15.2. The Hall–Kier alpha value is -2.43. The number of para-hydroxylation sites is 1. The summed E-state index contributed by atoms with van der Waals surface area (Å²) in [4.78, 5) is 4.33. The second-order valence-corrected chi connectivity index (χ2v) is 4.24. The molecule has 0 fully saturated rings. The van der Waals surface area contributed by atoms with Crippen LogP contribution in [0.5, 0.6) is 0 Å². The number of hydrazine groups is 1. The SMILES string of the molecule is CC.CNN.NC(C/C=C/c1ccccc1)=Nc1ccccc1. The van der Waals surface area contributed by atoms with Crippen LogP contribution >= 0.6 is 0 Å². The van der Waals surface area contributed by atoms with Gasteiger partial charge in [-0.3, -0.25) is 11.3 Å². The average molecular weight is 312 g/mol. The molecule has 0 saturated heterocycles. The third kappa shape index (κ3) is 10.9. The van der Waals surface area contributed by atoms with E-state index >= 15 is 0 Å². The minimum absolute atomic E-state index is 0.619. The Morgan fingerprint density at radius 3 is 2.00 bits per heavy atom. The van der Waals surface area contributed by atoms with E-state index in [9.17, 15) is 0 Å². The molecule has 0 atom stereocenters. The molecule has 5 N–H and O–H groups in total. The molecule has 0 radical (unpaired) electrons. The molecule has 0 amide bonds. The normalized spacial score (nSPS) is 10.3. The van der Waals surface area contributed by atoms with Gasteiger partial charge in [0.1, 0.15) is 5.84 Å². The van der Waals surface area contributed by atoms with Gasteiger partial charge in [-0.2, -0.15) is 0 Å². The van der Waals surface area contributed by atoms with Crippen LogP contribution < -0.4 is 17.0 Å². The molecular weight excluding hydrogens is 284 g/mol. The van der Waals surface area contributed by atoms with E-state index in [0.29, 0.717) is 12.3 Å². The zero-order valence-electron chi connectivity index (χ0n) is 14.2. The van der Waals surface area contributed by atoms with Crippen LogP contribution in [0, 0.1) is 0 Å². The van der Waals surface area contributed by atoms with Gasteiger partial charge in [0.25, 0.3) is 0 Å². The first kappa shape index (κ1) is 20.6. The van der Waals surface area contributed by atoms with Crippen LogP contribution in [0.3, 0.4) is 0 Å². The molecule has 0 heterocycles. The number of nitrogens with two attached hydrogens (primary N) is 2. The summed E-state index contributed by atoms with van der Waals surface area (Å²) in [7, 11) is 1.65. The quantitative estimate of drug-likeness (QED) is 0.347. The van der Waals surface area contributed by atoms with Gasteiger partial charge < -0.3 is 5.73 Å². The van der Waals surface area contributed by atoms with Gasteiger partial charge in [-0.1, -0.05) is 74.5 Å². The number of nitrogens with one attached hydrogen (secondary N) is 1. The van der Waals surface area contributed by atoms with Crippen LogP contribution in [0.15, 0.2) is 71.7 Å². The lowest BCUT2D eigenvalue weighted by Crippen LogP contribution is -2.13. The van der Waals surface area contributed by atoms with Crippen LogP contribution in [0.25, 0.3) is 6.08 Å². The summed E-state index contributed by atoms with van der Waals surface area (Å²) in [5.74, 6) is 5.22. The van der Waals surface area contributed by atoms with Gasteiger partial charge in [-0.05, 0) is 24.7 Å². The molecule has 23 heavy (non-hydrogen) atoms. The number of amidine groups is 1. The highest BCUT2D eigenvalue weighted by Crippen LogP contribution is 2.10. The topological polar surface area (TPSA) is 76.4 Å². The van der Waals surface area contributed by atoms with Crippen LogP contribution in [-0.4, -0.2) is 12.9 Å². The summed E-state index contributed by atoms with van der Waals surface area (Å²) in [5.41, 5.74) is 10.2. The van der Waals surface area contributed by atoms with Crippen molar-refractivity contribution < 1.29 is 0 Å². The van der Waals surface area contributed by atoms with Gasteiger partial charge in [0, 0.05) is 6.42 Å². The third-order valence-corrected chi connectivity index (χ3v) is 2.47. The Bertz CT molecular complexity index is 548. The van der Waals surface area contributed by atoms with Crippen molar-refractivity contribution in [2.45, 2.75) is 20.3 Å². The molecule has 2 aromatic carbocycles. The molecule has 0 spiro atoms. The van der Waals surface area contributed by atoms with Gasteiger partial charge in [0.15, 0.2) is 0 Å². The zero-order valence-corrected chi connectivity index (χ0v) is 14.2. The van der Waals surface area contributed by atoms with Crippen molar-refractivity contribution in [1.29, 1.82) is 0 Å². The third-order valence-electron chi connectivity index (χ3n) is 2.47. The van der Waals surface area contributed by atoms with E-state index in [4.69, 9.17) is 5.73 Å². The molecule has 2 aromatic rings. The van der Waals surface area contributed by atoms with Crippen molar-refractivity contribution in [2.75, 3.05) is 7.05 Å². The lowest BCUT2D eigenvalue weighted by Gasteiger charge is -1.97. The van der Waals surface area contributed by atoms with Gasteiger partial charge in [-0.15, -0.1) is 0 Å². The van der Waals surface area contributed by atoms with Crippen molar-refractivity contribution in [1.82, 2.24) is 5.43 Å². The van der Waals surface area contributed by atoms with Gasteiger partial charge in [-0.25, -0.2) is 4.99 Å². The van der Waals surface area contributed by atoms with Crippen LogP contribution in [0.1, 0.15) is 25.8 Å². The standard InChI is InChI=1S/C16H16N2.C2H6.CH6N2/c17-16(18-15-11-5-2-6-12-15)13-7-10-14-8-3-1-4-9-14;1-2;1-3-2/h1-12H,13H2,(H2,17,18);1-2H3;3H,2H2,1H3/b10-7+;;. The number of rotatable bonds is 4. The molecule has 4 nitrogen and oxygen atoms in total. The molecule has 124 valence electrons. The van der Waals surface area contributed by atoms with Crippen molar-refractivity contribution in [3.05, 3.63) is 72.3 Å². The highest BCUT2D eigenvalue weighted by Gasteiger charge is 1.91. The van der Waals surface area contributed by atoms with E-state index in [2.05, 4.69) is 28.4 Å². The van der Waals surface area contributed by atoms with E-state index in [-0.39, 0.29) is 0 Å². The first-order valence-electron chi connectivity index (χ1n) is 7.73. The number of benzene rings is 2. The monoisotopic (exact) mass is 312 g/mol. The Morgan fingerprint density at radius 2 is 1.48 bits per heavy atom. The van der Waals surface area contributed by atoms with Crippen molar-refractivity contribution in [3.63, 3.8) is 0 Å². The number of nitrogens with zero attached hydrogens (tertiary/aromatic N) is 1. The van der Waals surface area contributed by atoms with Gasteiger partial charge >= 0.3 is 0 Å². The summed E-state index contributed by atoms with van der Waals surface area (Å²) >= 11 is 0. The maximum absolute atomic E-state index is 5.87. The highest BCUT2D eigenvalue weighted by molar-refractivity contribution is 5.85. The lowest BCUT2D eigenvalue weighted by atomic mass is 10.2. The van der Waals surface area contributed by atoms with Crippen molar-refractivity contribution in [2.24, 2.45) is 16.6 Å². The molecule has 0 aliphatic heterocycles. The number of hydrogen-bond acceptors (Lipinski definition) is 3. The first-order chi connectivity index (χ1) is 11.3. The predicted molar refractivity (Wildman–Crippen MR) is 102 cm³/mol. The smallest absolute Gasteiger partial charge is 0.103 e. The average Bonchev–Trinajstić information content (AvgIpc) is 2.59. The summed E-state index contributed by atoms with van der Waals surface area (Å²) in [6.07, 6.45) is 4.73. The first-order valence-corrected chi connectivity index (χ1v) is 7.73. The van der Waals surface area contributed by atoms with E-state index in [1.807, 2.05) is 74.5 Å². The maximum Gasteiger partial charge on any atom is 0.103 e. The molecule has 0 aliphatic carbocycles. The number of hydrogen-bond donors (Lipinski definition) is 3. The summed E-state index contributed by atoms with van der Waals surface area (Å²) in [6.45, 7) is 4.00. The fraction of sp³-hybridized carbons (Fsp3) is 0.211. The molecule has 0 unspecified atom stereocenters. The van der Waals surface area contributed by atoms with Crippen molar-refractivity contribution >= 4 is 17.6 Å². The fourth-order valence-electron chi connectivity index (χ4n) is 1.59. The fourth-order valence-corrected chi connectivity index (χ4v) is 1.59. The molecule has 2 rings (SSSR count). The van der Waals surface area contributed by atoms with Crippen molar-refractivity contribution in [3.8, 4) is 0 Å². The van der Waals surface area contributed by atoms with Crippen LogP contribution in [0.4, 0.5) is 5.69 Å². The molecule has 0 aliphatic rings. The Labute approximate surface area is 139 Å². The lowest BCUT2D eigenvalue weighted by molar-refractivity contribution is 0.900. The van der Waals surface area contributed by atoms with Crippen LogP contribution in [0.2, 0.25) is 0 Å². The molecular formula is C19H28N4.